The molecule has 1 atom stereocenters. The Morgan fingerprint density at radius 1 is 1.44 bits per heavy atom. The zero-order valence-electron chi connectivity index (χ0n) is 9.14. The highest BCUT2D eigenvalue weighted by Gasteiger charge is 2.16. The molecule has 3 rings (SSSR count). The zero-order chi connectivity index (χ0) is 12.7. The number of thiophene rings is 1. The highest BCUT2D eigenvalue weighted by atomic mass is 35.5. The second kappa shape index (κ2) is 4.83. The molecule has 0 aliphatic heterocycles. The van der Waals surface area contributed by atoms with Gasteiger partial charge in [0.05, 0.1) is 14.4 Å². The first-order chi connectivity index (χ1) is 8.63. The van der Waals surface area contributed by atoms with Crippen molar-refractivity contribution in [2.24, 2.45) is 5.73 Å². The molecule has 0 spiro atoms. The van der Waals surface area contributed by atoms with Gasteiger partial charge in [0, 0.05) is 35.8 Å². The Morgan fingerprint density at radius 2 is 2.28 bits per heavy atom. The van der Waals surface area contributed by atoms with Gasteiger partial charge in [-0.3, -0.25) is 4.40 Å². The van der Waals surface area contributed by atoms with Crippen molar-refractivity contribution in [3.8, 4) is 0 Å². The second-order valence-electron chi connectivity index (χ2n) is 3.92. The van der Waals surface area contributed by atoms with Gasteiger partial charge in [-0.15, -0.1) is 22.7 Å². The fourth-order valence-corrected chi connectivity index (χ4v) is 4.13. The number of nitrogens with two attached hydrogens (primary N) is 1. The Kier molecular flexibility index (Phi) is 3.34. The molecule has 3 aromatic heterocycles. The number of fused-ring (bicyclic) bond motifs is 1. The van der Waals surface area contributed by atoms with Gasteiger partial charge in [-0.25, -0.2) is 4.98 Å². The molecule has 0 aliphatic rings. The molecule has 3 aromatic rings. The number of rotatable bonds is 3. The van der Waals surface area contributed by atoms with Crippen LogP contribution in [0.15, 0.2) is 23.8 Å². The maximum atomic E-state index is 6.15. The summed E-state index contributed by atoms with van der Waals surface area (Å²) in [6.45, 7) is 0. The van der Waals surface area contributed by atoms with Crippen LogP contribution in [0.1, 0.15) is 17.3 Å². The van der Waals surface area contributed by atoms with Crippen molar-refractivity contribution in [2.75, 3.05) is 0 Å². The van der Waals surface area contributed by atoms with E-state index in [-0.39, 0.29) is 6.04 Å². The van der Waals surface area contributed by atoms with Crippen molar-refractivity contribution < 1.29 is 0 Å². The predicted molar refractivity (Wildman–Crippen MR) is 78.0 cm³/mol. The van der Waals surface area contributed by atoms with Gasteiger partial charge in [0.15, 0.2) is 4.96 Å². The van der Waals surface area contributed by atoms with Crippen LogP contribution >= 0.6 is 45.9 Å². The van der Waals surface area contributed by atoms with Crippen molar-refractivity contribution in [1.29, 1.82) is 0 Å². The maximum absolute atomic E-state index is 6.15. The molecule has 94 valence electrons. The van der Waals surface area contributed by atoms with E-state index in [4.69, 9.17) is 28.9 Å². The summed E-state index contributed by atoms with van der Waals surface area (Å²) in [4.78, 5) is 5.48. The quantitative estimate of drug-likeness (QED) is 0.793. The predicted octanol–water partition coefficient (Wildman–Crippen LogP) is 4.01. The third kappa shape index (κ3) is 2.29. The van der Waals surface area contributed by atoms with E-state index in [1.165, 1.54) is 11.3 Å². The van der Waals surface area contributed by atoms with Crippen LogP contribution in [0.3, 0.4) is 0 Å². The van der Waals surface area contributed by atoms with Crippen molar-refractivity contribution in [1.82, 2.24) is 9.38 Å². The van der Waals surface area contributed by atoms with Gasteiger partial charge in [-0.2, -0.15) is 0 Å². The number of thiazole rings is 1. The minimum absolute atomic E-state index is 0.175. The minimum Gasteiger partial charge on any atom is -0.324 e. The van der Waals surface area contributed by atoms with E-state index in [1.54, 1.807) is 11.3 Å². The van der Waals surface area contributed by atoms with E-state index in [2.05, 4.69) is 4.98 Å². The first kappa shape index (κ1) is 12.4. The summed E-state index contributed by atoms with van der Waals surface area (Å²) in [5.74, 6) is 0. The maximum Gasteiger partial charge on any atom is 0.193 e. The van der Waals surface area contributed by atoms with Crippen LogP contribution in [-0.4, -0.2) is 9.38 Å². The monoisotopic (exact) mass is 317 g/mol. The highest BCUT2D eigenvalue weighted by Crippen LogP contribution is 2.35. The molecule has 18 heavy (non-hydrogen) atoms. The Hall–Kier alpha value is -0.590. The molecule has 2 N–H and O–H groups in total. The van der Waals surface area contributed by atoms with Crippen LogP contribution in [0.5, 0.6) is 0 Å². The van der Waals surface area contributed by atoms with E-state index in [1.807, 2.05) is 28.2 Å². The van der Waals surface area contributed by atoms with Crippen molar-refractivity contribution >= 4 is 50.8 Å². The molecule has 3 nitrogen and oxygen atoms in total. The number of hydrogen-bond donors (Lipinski definition) is 1. The first-order valence-electron chi connectivity index (χ1n) is 5.25. The first-order valence-corrected chi connectivity index (χ1v) is 7.70. The van der Waals surface area contributed by atoms with Crippen molar-refractivity contribution in [2.45, 2.75) is 12.5 Å². The van der Waals surface area contributed by atoms with Crippen LogP contribution in [0, 0.1) is 0 Å². The van der Waals surface area contributed by atoms with Gasteiger partial charge in [0.2, 0.25) is 0 Å². The molecule has 0 amide bonds. The number of nitrogens with zero attached hydrogens (tertiary/aromatic N) is 2. The highest BCUT2D eigenvalue weighted by molar-refractivity contribution is 7.20. The number of hydrogen-bond acceptors (Lipinski definition) is 4. The Labute approximate surface area is 122 Å². The topological polar surface area (TPSA) is 43.3 Å². The SMILES string of the molecule is NC(Cc1cn2ccsc2n1)c1cc(Cl)sc1Cl. The molecule has 0 aromatic carbocycles. The Morgan fingerprint density at radius 3 is 2.94 bits per heavy atom. The van der Waals surface area contributed by atoms with Crippen molar-refractivity contribution in [3.63, 3.8) is 0 Å². The second-order valence-corrected chi connectivity index (χ2v) is 7.07. The summed E-state index contributed by atoms with van der Waals surface area (Å²) < 4.78 is 3.32. The summed E-state index contributed by atoms with van der Waals surface area (Å²) in [7, 11) is 0. The summed E-state index contributed by atoms with van der Waals surface area (Å²) in [6.07, 6.45) is 4.63. The van der Waals surface area contributed by atoms with Gasteiger partial charge in [-0.1, -0.05) is 23.2 Å². The van der Waals surface area contributed by atoms with Crippen LogP contribution in [0.25, 0.3) is 4.96 Å². The van der Waals surface area contributed by atoms with Crippen LogP contribution < -0.4 is 5.73 Å². The molecule has 0 saturated carbocycles. The molecule has 7 heteroatoms. The molecule has 0 saturated heterocycles. The van der Waals surface area contributed by atoms with Crippen molar-refractivity contribution in [3.05, 3.63) is 43.8 Å². The summed E-state index contributed by atoms with van der Waals surface area (Å²) in [5.41, 5.74) is 8.01. The zero-order valence-corrected chi connectivity index (χ0v) is 12.3. The largest absolute Gasteiger partial charge is 0.324 e. The van der Waals surface area contributed by atoms with Gasteiger partial charge in [-0.05, 0) is 6.07 Å². The van der Waals surface area contributed by atoms with Gasteiger partial charge < -0.3 is 5.73 Å². The average molecular weight is 318 g/mol. The van der Waals surface area contributed by atoms with Crippen LogP contribution in [0.4, 0.5) is 0 Å². The molecule has 1 unspecified atom stereocenters. The molecule has 0 fully saturated rings. The van der Waals surface area contributed by atoms with Crippen LogP contribution in [0.2, 0.25) is 8.67 Å². The van der Waals surface area contributed by atoms with Gasteiger partial charge >= 0.3 is 0 Å². The van der Waals surface area contributed by atoms with Crippen LogP contribution in [-0.2, 0) is 6.42 Å². The fourth-order valence-electron chi connectivity index (χ4n) is 1.82. The Balaban J connectivity index is 1.83. The van der Waals surface area contributed by atoms with E-state index >= 15 is 0 Å². The fraction of sp³-hybridized carbons (Fsp3) is 0.182. The van der Waals surface area contributed by atoms with Gasteiger partial charge in [0.1, 0.15) is 0 Å². The molecule has 0 aliphatic carbocycles. The molecular formula is C11H9Cl2N3S2. The molecule has 0 bridgehead atoms. The molecule has 0 radical (unpaired) electrons. The third-order valence-corrected chi connectivity index (χ3v) is 4.94. The smallest absolute Gasteiger partial charge is 0.193 e. The molecule has 3 heterocycles. The minimum atomic E-state index is -0.175. The lowest BCUT2D eigenvalue weighted by Crippen LogP contribution is -2.13. The van der Waals surface area contributed by atoms with E-state index in [0.717, 1.165) is 16.2 Å². The number of aromatic nitrogens is 2. The lowest BCUT2D eigenvalue weighted by Gasteiger charge is -2.08. The van der Waals surface area contributed by atoms with Gasteiger partial charge in [0.25, 0.3) is 0 Å². The number of imidazole rings is 1. The lowest BCUT2D eigenvalue weighted by atomic mass is 10.1. The normalized spacial score (nSPS) is 13.3. The van der Waals surface area contributed by atoms with E-state index < -0.39 is 0 Å². The summed E-state index contributed by atoms with van der Waals surface area (Å²) in [5, 5.41) is 2.00. The average Bonchev–Trinajstić information content (AvgIpc) is 2.92. The number of halogens is 2. The van der Waals surface area contributed by atoms with E-state index in [9.17, 15) is 0 Å². The standard InChI is InChI=1S/C11H9Cl2N3S2/c12-9-4-7(10(13)18-9)8(14)3-6-5-16-1-2-17-11(16)15-6/h1-2,4-5,8H,3,14H2. The third-order valence-electron chi connectivity index (χ3n) is 2.65. The summed E-state index contributed by atoms with van der Waals surface area (Å²) >= 11 is 15.0. The summed E-state index contributed by atoms with van der Waals surface area (Å²) in [6, 6.07) is 1.66. The van der Waals surface area contributed by atoms with E-state index in [0.29, 0.717) is 15.1 Å². The lowest BCUT2D eigenvalue weighted by molar-refractivity contribution is 0.713. The molecular weight excluding hydrogens is 309 g/mol. The Bertz CT molecular complexity index is 657.